The summed E-state index contributed by atoms with van der Waals surface area (Å²) in [6.45, 7) is 0. The predicted molar refractivity (Wildman–Crippen MR) is 143 cm³/mol. The largest absolute Gasteiger partial charge is 0.461 e. The number of sulfone groups is 1. The normalized spacial score (nSPS) is 19.0. The Morgan fingerprint density at radius 3 is 2.17 bits per heavy atom. The summed E-state index contributed by atoms with van der Waals surface area (Å²) in [6, 6.07) is 32.4. The Bertz CT molecular complexity index is 1430. The van der Waals surface area contributed by atoms with Crippen LogP contribution in [0.5, 0.6) is 0 Å². The second-order valence-corrected chi connectivity index (χ2v) is 11.7. The number of ether oxygens (including phenoxy) is 1. The summed E-state index contributed by atoms with van der Waals surface area (Å²) >= 11 is 0. The first-order chi connectivity index (χ1) is 17.5. The van der Waals surface area contributed by atoms with E-state index < -0.39 is 27.1 Å². The zero-order valence-corrected chi connectivity index (χ0v) is 20.9. The Hall–Kier alpha value is -3.44. The van der Waals surface area contributed by atoms with Crippen molar-refractivity contribution in [3.8, 4) is 0 Å². The third kappa shape index (κ3) is 5.21. The molecule has 36 heavy (non-hydrogen) atoms. The molecule has 1 fully saturated rings. The van der Waals surface area contributed by atoms with Gasteiger partial charge in [0, 0.05) is 0 Å². The lowest BCUT2D eigenvalue weighted by atomic mass is 9.91. The monoisotopic (exact) mass is 498 g/mol. The van der Waals surface area contributed by atoms with E-state index in [2.05, 4.69) is 0 Å². The summed E-state index contributed by atoms with van der Waals surface area (Å²) in [4.78, 5) is 13.9. The molecule has 0 radical (unpaired) electrons. The van der Waals surface area contributed by atoms with Gasteiger partial charge in [0.2, 0.25) is 0 Å². The molecule has 0 bridgehead atoms. The summed E-state index contributed by atoms with van der Waals surface area (Å²) in [5.41, 5.74) is 1.91. The van der Waals surface area contributed by atoms with E-state index in [0.29, 0.717) is 19.3 Å². The first kappa shape index (κ1) is 24.3. The van der Waals surface area contributed by atoms with E-state index >= 15 is 0 Å². The van der Waals surface area contributed by atoms with Crippen molar-refractivity contribution in [3.05, 3.63) is 114 Å². The molecule has 3 atom stereocenters. The van der Waals surface area contributed by atoms with Gasteiger partial charge in [0.1, 0.15) is 11.4 Å². The van der Waals surface area contributed by atoms with E-state index in [4.69, 9.17) is 4.74 Å². The number of esters is 1. The van der Waals surface area contributed by atoms with E-state index in [1.165, 1.54) is 0 Å². The minimum atomic E-state index is -3.67. The fourth-order valence-corrected chi connectivity index (χ4v) is 7.14. The lowest BCUT2D eigenvalue weighted by Gasteiger charge is -2.32. The molecule has 0 amide bonds. The van der Waals surface area contributed by atoms with Gasteiger partial charge < -0.3 is 4.74 Å². The number of rotatable bonds is 7. The molecule has 4 aromatic rings. The van der Waals surface area contributed by atoms with Crippen molar-refractivity contribution in [2.24, 2.45) is 0 Å². The Morgan fingerprint density at radius 1 is 0.778 bits per heavy atom. The molecule has 0 spiro atoms. The zero-order valence-electron chi connectivity index (χ0n) is 20.1. The number of carbonyl (C=O) groups excluding carboxylic acids is 1. The molecule has 0 aromatic heterocycles. The molecule has 5 heteroatoms. The van der Waals surface area contributed by atoms with Crippen LogP contribution in [-0.4, -0.2) is 25.7 Å². The molecular formula is C31H30O4S. The molecule has 4 aromatic carbocycles. The van der Waals surface area contributed by atoms with Crippen LogP contribution >= 0.6 is 0 Å². The summed E-state index contributed by atoms with van der Waals surface area (Å²) in [5, 5.41) is 1.13. The van der Waals surface area contributed by atoms with Crippen molar-refractivity contribution in [2.75, 3.05) is 0 Å². The smallest absolute Gasteiger partial charge is 0.314 e. The second-order valence-electron chi connectivity index (χ2n) is 9.51. The zero-order chi connectivity index (χ0) is 25.0. The summed E-state index contributed by atoms with van der Waals surface area (Å²) < 4.78 is 33.6. The van der Waals surface area contributed by atoms with E-state index in [1.807, 2.05) is 91.0 Å². The summed E-state index contributed by atoms with van der Waals surface area (Å²) in [7, 11) is -3.67. The maximum atomic E-state index is 13.8. The molecule has 184 valence electrons. The van der Waals surface area contributed by atoms with Crippen LogP contribution in [0.2, 0.25) is 0 Å². The molecule has 0 aliphatic heterocycles. The number of hydrogen-bond acceptors (Lipinski definition) is 4. The number of benzene rings is 4. The summed E-state index contributed by atoms with van der Waals surface area (Å²) in [5.74, 6) is -0.866. The van der Waals surface area contributed by atoms with Crippen molar-refractivity contribution >= 4 is 26.6 Å². The van der Waals surface area contributed by atoms with Crippen LogP contribution in [0.4, 0.5) is 0 Å². The molecule has 5 rings (SSSR count). The highest BCUT2D eigenvalue weighted by Gasteiger charge is 2.40. The molecule has 0 N–H and O–H groups in total. The van der Waals surface area contributed by atoms with Crippen LogP contribution in [0.3, 0.4) is 0 Å². The predicted octanol–water partition coefficient (Wildman–Crippen LogP) is 6.49. The van der Waals surface area contributed by atoms with Crippen LogP contribution in [0.1, 0.15) is 42.7 Å². The van der Waals surface area contributed by atoms with Gasteiger partial charge in [-0.3, -0.25) is 4.79 Å². The van der Waals surface area contributed by atoms with Crippen LogP contribution < -0.4 is 0 Å². The average molecular weight is 499 g/mol. The topological polar surface area (TPSA) is 60.4 Å². The van der Waals surface area contributed by atoms with Gasteiger partial charge in [-0.15, -0.1) is 0 Å². The fourth-order valence-electron chi connectivity index (χ4n) is 5.18. The van der Waals surface area contributed by atoms with Crippen LogP contribution in [0, 0.1) is 0 Å². The van der Waals surface area contributed by atoms with Crippen molar-refractivity contribution in [1.82, 2.24) is 0 Å². The molecule has 1 aliphatic carbocycles. The third-order valence-corrected chi connectivity index (χ3v) is 9.37. The highest BCUT2D eigenvalue weighted by molar-refractivity contribution is 7.92. The average Bonchev–Trinajstić information content (AvgIpc) is 2.92. The van der Waals surface area contributed by atoms with E-state index in [-0.39, 0.29) is 10.9 Å². The minimum absolute atomic E-state index is 0.290. The maximum Gasteiger partial charge on any atom is 0.314 e. The first-order valence-corrected chi connectivity index (χ1v) is 14.1. The number of carbonyl (C=O) groups is 1. The van der Waals surface area contributed by atoms with E-state index in [1.54, 1.807) is 12.1 Å². The highest BCUT2D eigenvalue weighted by Crippen LogP contribution is 2.34. The van der Waals surface area contributed by atoms with Crippen LogP contribution in [0.15, 0.2) is 108 Å². The Balaban J connectivity index is 1.41. The molecule has 0 saturated heterocycles. The van der Waals surface area contributed by atoms with E-state index in [0.717, 1.165) is 34.7 Å². The Morgan fingerprint density at radius 2 is 1.42 bits per heavy atom. The molecule has 0 unspecified atom stereocenters. The van der Waals surface area contributed by atoms with Crippen LogP contribution in [0.25, 0.3) is 10.8 Å². The van der Waals surface area contributed by atoms with Crippen LogP contribution in [-0.2, 0) is 25.8 Å². The highest BCUT2D eigenvalue weighted by atomic mass is 32.2. The second kappa shape index (κ2) is 10.7. The van der Waals surface area contributed by atoms with Crippen molar-refractivity contribution in [3.63, 3.8) is 0 Å². The van der Waals surface area contributed by atoms with Gasteiger partial charge in [0.25, 0.3) is 0 Å². The van der Waals surface area contributed by atoms with Gasteiger partial charge in [-0.05, 0) is 59.7 Å². The molecule has 0 heterocycles. The molecule has 4 nitrogen and oxygen atoms in total. The van der Waals surface area contributed by atoms with Crippen molar-refractivity contribution in [1.29, 1.82) is 0 Å². The van der Waals surface area contributed by atoms with E-state index in [9.17, 15) is 13.2 Å². The molecule has 1 aliphatic rings. The Labute approximate surface area is 212 Å². The lowest BCUT2D eigenvalue weighted by Crippen LogP contribution is -2.41. The Kier molecular flexibility index (Phi) is 7.19. The number of fused-ring (bicyclic) bond motifs is 1. The van der Waals surface area contributed by atoms with Gasteiger partial charge in [-0.25, -0.2) is 8.42 Å². The SMILES string of the molecule is O=C(O[C@@H]1CCCC[C@H]1S(=O)(=O)c1ccc2ccccc2c1)[C@H](Cc1ccccc1)c1ccccc1. The molecular weight excluding hydrogens is 468 g/mol. The minimum Gasteiger partial charge on any atom is -0.461 e. The fraction of sp³-hybridized carbons (Fsp3) is 0.258. The number of hydrogen-bond donors (Lipinski definition) is 0. The lowest BCUT2D eigenvalue weighted by molar-refractivity contribution is -0.152. The van der Waals surface area contributed by atoms with Gasteiger partial charge in [-0.1, -0.05) is 97.4 Å². The van der Waals surface area contributed by atoms with Gasteiger partial charge in [-0.2, -0.15) is 0 Å². The standard InChI is InChI=1S/C31H30O4S/c32-31(28(25-14-5-2-6-15-25)21-23-11-3-1-4-12-23)35-29-17-9-10-18-30(29)36(33,34)27-20-19-24-13-7-8-16-26(24)22-27/h1-8,11-16,19-20,22,28-30H,9-10,17-18,21H2/t28-,29-,30-/m1/s1. The van der Waals surface area contributed by atoms with Gasteiger partial charge in [0.15, 0.2) is 9.84 Å². The van der Waals surface area contributed by atoms with Gasteiger partial charge >= 0.3 is 5.97 Å². The maximum absolute atomic E-state index is 13.8. The third-order valence-electron chi connectivity index (χ3n) is 7.13. The quantitative estimate of drug-likeness (QED) is 0.273. The first-order valence-electron chi connectivity index (χ1n) is 12.5. The van der Waals surface area contributed by atoms with Gasteiger partial charge in [0.05, 0.1) is 10.8 Å². The molecule has 1 saturated carbocycles. The summed E-state index contributed by atoms with van der Waals surface area (Å²) in [6.07, 6.45) is 2.52. The van der Waals surface area contributed by atoms with Crippen molar-refractivity contribution in [2.45, 2.75) is 54.3 Å². The van der Waals surface area contributed by atoms with Crippen molar-refractivity contribution < 1.29 is 17.9 Å².